The number of ketones is 1. The van der Waals surface area contributed by atoms with Crippen LogP contribution in [0.3, 0.4) is 0 Å². The SMILES string of the molecule is CC(=O)C(C)/C(Sc1ccccc1)=C(/Sc1ccccc1)c1ccccc1. The maximum atomic E-state index is 12.3. The van der Waals surface area contributed by atoms with Gasteiger partial charge in [-0.25, -0.2) is 0 Å². The van der Waals surface area contributed by atoms with Crippen molar-refractivity contribution in [2.24, 2.45) is 5.92 Å². The molecule has 0 aliphatic heterocycles. The monoisotopic (exact) mass is 390 g/mol. The van der Waals surface area contributed by atoms with Crippen LogP contribution in [0.5, 0.6) is 0 Å². The lowest BCUT2D eigenvalue weighted by Gasteiger charge is -2.19. The second-order valence-corrected chi connectivity index (χ2v) is 8.42. The van der Waals surface area contributed by atoms with Crippen molar-refractivity contribution in [1.82, 2.24) is 0 Å². The summed E-state index contributed by atoms with van der Waals surface area (Å²) in [6.07, 6.45) is 0. The first-order chi connectivity index (χ1) is 13.1. The van der Waals surface area contributed by atoms with Gasteiger partial charge in [-0.3, -0.25) is 4.79 Å². The first kappa shape index (κ1) is 19.5. The van der Waals surface area contributed by atoms with E-state index in [0.29, 0.717) is 0 Å². The van der Waals surface area contributed by atoms with Crippen LogP contribution >= 0.6 is 23.5 Å². The van der Waals surface area contributed by atoms with Crippen LogP contribution in [0.2, 0.25) is 0 Å². The van der Waals surface area contributed by atoms with Crippen molar-refractivity contribution in [2.45, 2.75) is 23.6 Å². The Labute approximate surface area is 169 Å². The first-order valence-corrected chi connectivity index (χ1v) is 10.5. The van der Waals surface area contributed by atoms with Crippen LogP contribution in [-0.4, -0.2) is 5.78 Å². The summed E-state index contributed by atoms with van der Waals surface area (Å²) in [5.74, 6) is 0.0112. The van der Waals surface area contributed by atoms with E-state index in [1.165, 1.54) is 4.90 Å². The number of hydrogen-bond donors (Lipinski definition) is 0. The molecule has 0 fully saturated rings. The van der Waals surface area contributed by atoms with Gasteiger partial charge < -0.3 is 0 Å². The van der Waals surface area contributed by atoms with Crippen molar-refractivity contribution in [2.75, 3.05) is 0 Å². The van der Waals surface area contributed by atoms with Gasteiger partial charge in [0.2, 0.25) is 0 Å². The molecule has 0 aliphatic rings. The third kappa shape index (κ3) is 5.38. The van der Waals surface area contributed by atoms with Crippen LogP contribution in [0.1, 0.15) is 19.4 Å². The summed E-state index contributed by atoms with van der Waals surface area (Å²) >= 11 is 3.41. The molecule has 27 heavy (non-hydrogen) atoms. The Morgan fingerprint density at radius 3 is 1.63 bits per heavy atom. The van der Waals surface area contributed by atoms with Crippen molar-refractivity contribution in [3.63, 3.8) is 0 Å². The number of carbonyl (C=O) groups is 1. The predicted molar refractivity (Wildman–Crippen MR) is 118 cm³/mol. The van der Waals surface area contributed by atoms with E-state index in [2.05, 4.69) is 36.4 Å². The molecule has 3 aromatic rings. The smallest absolute Gasteiger partial charge is 0.137 e. The van der Waals surface area contributed by atoms with Crippen LogP contribution in [0, 0.1) is 5.92 Å². The Balaban J connectivity index is 2.13. The maximum absolute atomic E-state index is 12.3. The van der Waals surface area contributed by atoms with Gasteiger partial charge in [-0.15, -0.1) is 0 Å². The Hall–Kier alpha value is -2.23. The highest BCUT2D eigenvalue weighted by atomic mass is 32.2. The van der Waals surface area contributed by atoms with Gasteiger partial charge in [0.1, 0.15) is 5.78 Å². The standard InChI is InChI=1S/C24H22OS2/c1-18(19(2)25)23(26-21-14-8-4-9-15-21)24(20-12-6-3-7-13-20)27-22-16-10-5-11-17-22/h3-18H,1-2H3/b24-23-. The Morgan fingerprint density at radius 1 is 0.704 bits per heavy atom. The minimum absolute atomic E-state index is 0.165. The van der Waals surface area contributed by atoms with Crippen molar-refractivity contribution in [1.29, 1.82) is 0 Å². The molecule has 3 rings (SSSR count). The normalized spacial score (nSPS) is 13.0. The lowest BCUT2D eigenvalue weighted by molar-refractivity contribution is -0.119. The molecule has 0 N–H and O–H groups in total. The van der Waals surface area contributed by atoms with Gasteiger partial charge in [0.25, 0.3) is 0 Å². The molecule has 0 saturated heterocycles. The van der Waals surface area contributed by atoms with Crippen molar-refractivity contribution in [3.05, 3.63) is 101 Å². The van der Waals surface area contributed by atoms with Crippen LogP contribution in [0.25, 0.3) is 4.91 Å². The average Bonchev–Trinajstić information content (AvgIpc) is 2.72. The van der Waals surface area contributed by atoms with E-state index in [4.69, 9.17) is 0 Å². The maximum Gasteiger partial charge on any atom is 0.137 e. The largest absolute Gasteiger partial charge is 0.299 e. The quantitative estimate of drug-likeness (QED) is 0.398. The highest BCUT2D eigenvalue weighted by molar-refractivity contribution is 8.10. The van der Waals surface area contributed by atoms with E-state index >= 15 is 0 Å². The van der Waals surface area contributed by atoms with Crippen LogP contribution in [0.15, 0.2) is 106 Å². The van der Waals surface area contributed by atoms with Crippen molar-refractivity contribution in [3.8, 4) is 0 Å². The minimum atomic E-state index is -0.165. The number of thioether (sulfide) groups is 2. The second-order valence-electron chi connectivity index (χ2n) is 6.22. The van der Waals surface area contributed by atoms with Gasteiger partial charge in [-0.2, -0.15) is 0 Å². The highest BCUT2D eigenvalue weighted by Crippen LogP contribution is 2.45. The Bertz CT molecular complexity index is 903. The number of hydrogen-bond acceptors (Lipinski definition) is 3. The zero-order chi connectivity index (χ0) is 19.1. The Kier molecular flexibility index (Phi) is 6.97. The summed E-state index contributed by atoms with van der Waals surface area (Å²) in [6, 6.07) is 30.9. The summed E-state index contributed by atoms with van der Waals surface area (Å²) in [5.41, 5.74) is 1.14. The van der Waals surface area contributed by atoms with Crippen LogP contribution in [0.4, 0.5) is 0 Å². The molecule has 0 bridgehead atoms. The molecule has 0 aliphatic carbocycles. The van der Waals surface area contributed by atoms with Gasteiger partial charge in [0, 0.05) is 25.5 Å². The number of rotatable bonds is 7. The summed E-state index contributed by atoms with van der Waals surface area (Å²) in [4.78, 5) is 16.8. The third-order valence-corrected chi connectivity index (χ3v) is 6.78. The molecule has 3 aromatic carbocycles. The van der Waals surface area contributed by atoms with E-state index < -0.39 is 0 Å². The summed E-state index contributed by atoms with van der Waals surface area (Å²) < 4.78 is 0. The van der Waals surface area contributed by atoms with Gasteiger partial charge in [0.05, 0.1) is 0 Å². The minimum Gasteiger partial charge on any atom is -0.299 e. The molecule has 0 heterocycles. The summed E-state index contributed by atoms with van der Waals surface area (Å²) in [7, 11) is 0. The van der Waals surface area contributed by atoms with E-state index in [-0.39, 0.29) is 11.7 Å². The molecular weight excluding hydrogens is 368 g/mol. The van der Waals surface area contributed by atoms with Crippen molar-refractivity contribution >= 4 is 34.2 Å². The van der Waals surface area contributed by atoms with Crippen molar-refractivity contribution < 1.29 is 4.79 Å². The first-order valence-electron chi connectivity index (χ1n) is 8.91. The number of benzene rings is 3. The molecule has 0 amide bonds. The lowest BCUT2D eigenvalue weighted by atomic mass is 10.1. The molecule has 136 valence electrons. The number of carbonyl (C=O) groups excluding carboxylic acids is 1. The summed E-state index contributed by atoms with van der Waals surface area (Å²) in [6.45, 7) is 3.67. The van der Waals surface area contributed by atoms with Crippen LogP contribution < -0.4 is 0 Å². The molecule has 0 spiro atoms. The molecule has 0 aromatic heterocycles. The van der Waals surface area contributed by atoms with Crippen LogP contribution in [-0.2, 0) is 4.79 Å². The van der Waals surface area contributed by atoms with E-state index in [9.17, 15) is 4.79 Å². The third-order valence-electron chi connectivity index (χ3n) is 4.20. The molecule has 1 atom stereocenters. The molecule has 1 unspecified atom stereocenters. The fourth-order valence-corrected chi connectivity index (χ4v) is 4.99. The fraction of sp³-hybridized carbons (Fsp3) is 0.125. The lowest BCUT2D eigenvalue weighted by Crippen LogP contribution is -2.09. The second kappa shape index (κ2) is 9.63. The number of allylic oxidation sites excluding steroid dienone is 1. The predicted octanol–water partition coefficient (Wildman–Crippen LogP) is 7.16. The number of Topliss-reactive ketones (excluding diaryl/α,β-unsaturated/α-hetero) is 1. The highest BCUT2D eigenvalue weighted by Gasteiger charge is 2.21. The molecule has 1 nitrogen and oxygen atoms in total. The topological polar surface area (TPSA) is 17.1 Å². The van der Waals surface area contributed by atoms with Gasteiger partial charge >= 0.3 is 0 Å². The molecule has 0 saturated carbocycles. The molecule has 3 heteroatoms. The van der Waals surface area contributed by atoms with E-state index in [1.54, 1.807) is 30.4 Å². The fourth-order valence-electron chi connectivity index (χ4n) is 2.58. The van der Waals surface area contributed by atoms with Gasteiger partial charge in [-0.1, -0.05) is 97.2 Å². The average molecular weight is 391 g/mol. The van der Waals surface area contributed by atoms with Gasteiger partial charge in [-0.05, 0) is 36.8 Å². The zero-order valence-corrected chi connectivity index (χ0v) is 17.1. The Morgan fingerprint density at radius 2 is 1.15 bits per heavy atom. The zero-order valence-electron chi connectivity index (χ0n) is 15.5. The van der Waals surface area contributed by atoms with Gasteiger partial charge in [0.15, 0.2) is 0 Å². The molecule has 0 radical (unpaired) electrons. The van der Waals surface area contributed by atoms with E-state index in [0.717, 1.165) is 20.3 Å². The van der Waals surface area contributed by atoms with E-state index in [1.807, 2.05) is 61.5 Å². The molecular formula is C24H22OS2. The summed E-state index contributed by atoms with van der Waals surface area (Å²) in [5, 5.41) is 0.